The van der Waals surface area contributed by atoms with E-state index in [0.717, 1.165) is 36.0 Å². The highest BCUT2D eigenvalue weighted by Gasteiger charge is 2.51. The van der Waals surface area contributed by atoms with Gasteiger partial charge in [0.2, 0.25) is 0 Å². The molecule has 2 rings (SSSR count). The lowest BCUT2D eigenvalue weighted by atomic mass is 9.59. The molecule has 0 aliphatic heterocycles. The Kier molecular flexibility index (Phi) is 4.65. The molecule has 2 aliphatic rings. The fourth-order valence-electron chi connectivity index (χ4n) is 3.41. The molecule has 0 aromatic rings. The van der Waals surface area contributed by atoms with E-state index in [0.29, 0.717) is 12.3 Å². The normalized spacial score (nSPS) is 29.0. The van der Waals surface area contributed by atoms with Gasteiger partial charge in [0.25, 0.3) is 0 Å². The van der Waals surface area contributed by atoms with Crippen molar-refractivity contribution < 1.29 is 15.0 Å². The van der Waals surface area contributed by atoms with Crippen LogP contribution in [0.2, 0.25) is 0 Å². The summed E-state index contributed by atoms with van der Waals surface area (Å²) < 4.78 is 0. The van der Waals surface area contributed by atoms with Gasteiger partial charge in [0.05, 0.1) is 6.61 Å². The monoisotopic (exact) mass is 302 g/mol. The molecule has 1 saturated carbocycles. The van der Waals surface area contributed by atoms with Crippen molar-refractivity contribution in [3.05, 3.63) is 22.8 Å². The van der Waals surface area contributed by atoms with E-state index in [4.69, 9.17) is 5.11 Å². The fraction of sp³-hybridized carbons (Fsp3) is 0.632. The summed E-state index contributed by atoms with van der Waals surface area (Å²) in [5.74, 6) is 6.40. The lowest BCUT2D eigenvalue weighted by molar-refractivity contribution is -0.123. The first-order valence-electron chi connectivity index (χ1n) is 8.00. The van der Waals surface area contributed by atoms with Crippen molar-refractivity contribution in [3.8, 4) is 11.8 Å². The van der Waals surface area contributed by atoms with Gasteiger partial charge in [-0.1, -0.05) is 32.1 Å². The number of rotatable bonds is 2. The lowest BCUT2D eigenvalue weighted by Crippen LogP contribution is -2.51. The molecule has 0 aromatic heterocycles. The average Bonchev–Trinajstić information content (AvgIpc) is 2.37. The first-order valence-corrected chi connectivity index (χ1v) is 8.00. The number of hydrogen-bond acceptors (Lipinski definition) is 3. The molecule has 3 nitrogen and oxygen atoms in total. The zero-order valence-electron chi connectivity index (χ0n) is 14.0. The second-order valence-corrected chi connectivity index (χ2v) is 7.18. The largest absolute Gasteiger partial charge is 0.392 e. The second kappa shape index (κ2) is 6.02. The van der Waals surface area contributed by atoms with Crippen LogP contribution in [-0.4, -0.2) is 28.2 Å². The highest BCUT2D eigenvalue weighted by molar-refractivity contribution is 5.99. The number of ketones is 1. The van der Waals surface area contributed by atoms with Crippen LogP contribution in [0, 0.1) is 23.2 Å². The van der Waals surface area contributed by atoms with Gasteiger partial charge >= 0.3 is 0 Å². The second-order valence-electron chi connectivity index (χ2n) is 7.18. The van der Waals surface area contributed by atoms with Crippen molar-refractivity contribution in [2.45, 2.75) is 59.0 Å². The summed E-state index contributed by atoms with van der Waals surface area (Å²) >= 11 is 0. The molecule has 0 amide bonds. The summed E-state index contributed by atoms with van der Waals surface area (Å²) in [4.78, 5) is 12.5. The van der Waals surface area contributed by atoms with Gasteiger partial charge in [-0.3, -0.25) is 4.79 Å². The molecule has 1 unspecified atom stereocenters. The molecular formula is C19H26O3. The van der Waals surface area contributed by atoms with E-state index < -0.39 is 11.0 Å². The predicted molar refractivity (Wildman–Crippen MR) is 87.0 cm³/mol. The average molecular weight is 302 g/mol. The van der Waals surface area contributed by atoms with Gasteiger partial charge in [0.15, 0.2) is 11.4 Å². The molecule has 2 aliphatic carbocycles. The molecule has 0 radical (unpaired) electrons. The SMILES string of the molecule is CC1=C(C2CCC2)C(=O)CC(C)(C)C1(O)C#C/C(C)=C\CO. The van der Waals surface area contributed by atoms with Crippen LogP contribution in [0.4, 0.5) is 0 Å². The summed E-state index contributed by atoms with van der Waals surface area (Å²) in [5.41, 5.74) is 0.347. The van der Waals surface area contributed by atoms with E-state index in [2.05, 4.69) is 11.8 Å². The van der Waals surface area contributed by atoms with Crippen molar-refractivity contribution >= 4 is 5.78 Å². The van der Waals surface area contributed by atoms with Gasteiger partial charge in [-0.15, -0.1) is 0 Å². The highest BCUT2D eigenvalue weighted by Crippen LogP contribution is 2.49. The Morgan fingerprint density at radius 3 is 2.55 bits per heavy atom. The van der Waals surface area contributed by atoms with Crippen molar-refractivity contribution in [1.82, 2.24) is 0 Å². The predicted octanol–water partition coefficient (Wildman–Crippen LogP) is 2.78. The first kappa shape index (κ1) is 17.0. The third kappa shape index (κ3) is 2.78. The minimum Gasteiger partial charge on any atom is -0.392 e. The zero-order valence-corrected chi connectivity index (χ0v) is 14.0. The Bertz CT molecular complexity index is 594. The smallest absolute Gasteiger partial charge is 0.159 e. The maximum Gasteiger partial charge on any atom is 0.159 e. The fourth-order valence-corrected chi connectivity index (χ4v) is 3.41. The Labute approximate surface area is 133 Å². The summed E-state index contributed by atoms with van der Waals surface area (Å²) in [6.45, 7) is 7.38. The van der Waals surface area contributed by atoms with Gasteiger partial charge in [0.1, 0.15) is 0 Å². The first-order chi connectivity index (χ1) is 10.2. The maximum atomic E-state index is 12.5. The van der Waals surface area contributed by atoms with Crippen LogP contribution >= 0.6 is 0 Å². The molecule has 3 heteroatoms. The summed E-state index contributed by atoms with van der Waals surface area (Å²) in [7, 11) is 0. The van der Waals surface area contributed by atoms with Gasteiger partial charge in [-0.2, -0.15) is 0 Å². The molecule has 0 aromatic carbocycles. The molecule has 2 N–H and O–H groups in total. The number of allylic oxidation sites excluding steroid dienone is 2. The van der Waals surface area contributed by atoms with E-state index in [1.54, 1.807) is 13.0 Å². The Morgan fingerprint density at radius 2 is 2.05 bits per heavy atom. The van der Waals surface area contributed by atoms with E-state index in [1.807, 2.05) is 20.8 Å². The number of hydrogen-bond donors (Lipinski definition) is 2. The molecule has 1 fully saturated rings. The van der Waals surface area contributed by atoms with Crippen LogP contribution in [0.1, 0.15) is 53.4 Å². The van der Waals surface area contributed by atoms with Crippen molar-refractivity contribution in [1.29, 1.82) is 0 Å². The van der Waals surface area contributed by atoms with Gasteiger partial charge in [0, 0.05) is 17.4 Å². The maximum absolute atomic E-state index is 12.5. The van der Waals surface area contributed by atoms with E-state index in [9.17, 15) is 9.90 Å². The Hall–Kier alpha value is -1.37. The van der Waals surface area contributed by atoms with Crippen LogP contribution < -0.4 is 0 Å². The van der Waals surface area contributed by atoms with Crippen molar-refractivity contribution in [3.63, 3.8) is 0 Å². The van der Waals surface area contributed by atoms with Gasteiger partial charge in [-0.05, 0) is 49.8 Å². The molecule has 120 valence electrons. The minimum absolute atomic E-state index is 0.0665. The number of carbonyl (C=O) groups is 1. The van der Waals surface area contributed by atoms with Crippen molar-refractivity contribution in [2.24, 2.45) is 11.3 Å². The van der Waals surface area contributed by atoms with Crippen molar-refractivity contribution in [2.75, 3.05) is 6.61 Å². The highest BCUT2D eigenvalue weighted by atomic mass is 16.3. The van der Waals surface area contributed by atoms with Gasteiger partial charge in [-0.25, -0.2) is 0 Å². The molecule has 0 heterocycles. The van der Waals surface area contributed by atoms with Crippen LogP contribution in [0.5, 0.6) is 0 Å². The van der Waals surface area contributed by atoms with Crippen LogP contribution in [0.25, 0.3) is 0 Å². The molecule has 0 bridgehead atoms. The summed E-state index contributed by atoms with van der Waals surface area (Å²) in [6, 6.07) is 0. The summed E-state index contributed by atoms with van der Waals surface area (Å²) in [5, 5.41) is 20.2. The lowest BCUT2D eigenvalue weighted by Gasteiger charge is -2.46. The topological polar surface area (TPSA) is 57.5 Å². The number of aliphatic hydroxyl groups excluding tert-OH is 1. The quantitative estimate of drug-likeness (QED) is 0.771. The molecule has 1 atom stereocenters. The number of carbonyl (C=O) groups excluding carboxylic acids is 1. The zero-order chi connectivity index (χ0) is 16.5. The Balaban J connectivity index is 2.51. The van der Waals surface area contributed by atoms with E-state index in [1.165, 1.54) is 0 Å². The van der Waals surface area contributed by atoms with Crippen LogP contribution in [0.15, 0.2) is 22.8 Å². The molecule has 0 saturated heterocycles. The standard InChI is InChI=1S/C19H26O3/c1-13(9-11-20)8-10-19(22)14(2)17(15-6-5-7-15)16(21)12-18(19,3)4/h9,15,20,22H,5-7,11-12H2,1-4H3/b13-9-. The van der Waals surface area contributed by atoms with Crippen LogP contribution in [-0.2, 0) is 4.79 Å². The van der Waals surface area contributed by atoms with Crippen LogP contribution in [0.3, 0.4) is 0 Å². The summed E-state index contributed by atoms with van der Waals surface area (Å²) in [6.07, 6.45) is 5.16. The Morgan fingerprint density at radius 1 is 1.41 bits per heavy atom. The molecule has 0 spiro atoms. The van der Waals surface area contributed by atoms with E-state index >= 15 is 0 Å². The third-order valence-corrected chi connectivity index (χ3v) is 5.18. The number of aliphatic hydroxyl groups is 2. The number of Topliss-reactive ketones (excluding diaryl/α,β-unsaturated/α-hetero) is 1. The van der Waals surface area contributed by atoms with Gasteiger partial charge < -0.3 is 10.2 Å². The minimum atomic E-state index is -1.30. The molecule has 22 heavy (non-hydrogen) atoms. The third-order valence-electron chi connectivity index (χ3n) is 5.18. The van der Waals surface area contributed by atoms with E-state index in [-0.39, 0.29) is 12.4 Å². The molecular weight excluding hydrogens is 276 g/mol.